The van der Waals surface area contributed by atoms with Crippen LogP contribution in [0.1, 0.15) is 5.56 Å². The zero-order valence-corrected chi connectivity index (χ0v) is 9.86. The van der Waals surface area contributed by atoms with Gasteiger partial charge in [0.1, 0.15) is 11.6 Å². The van der Waals surface area contributed by atoms with Gasteiger partial charge < -0.3 is 11.1 Å². The van der Waals surface area contributed by atoms with E-state index < -0.39 is 24.0 Å². The van der Waals surface area contributed by atoms with Crippen molar-refractivity contribution in [2.45, 2.75) is 6.42 Å². The third-order valence-electron chi connectivity index (χ3n) is 2.53. The molecule has 1 aromatic carbocycles. The van der Waals surface area contributed by atoms with Gasteiger partial charge in [-0.05, 0) is 18.2 Å². The van der Waals surface area contributed by atoms with Crippen molar-refractivity contribution in [3.8, 4) is 0 Å². The van der Waals surface area contributed by atoms with Crippen LogP contribution in [0.2, 0.25) is 0 Å². The molecule has 4 nitrogen and oxygen atoms in total. The van der Waals surface area contributed by atoms with E-state index in [9.17, 15) is 13.6 Å². The highest BCUT2D eigenvalue weighted by Crippen LogP contribution is 2.17. The van der Waals surface area contributed by atoms with Crippen molar-refractivity contribution in [1.29, 1.82) is 0 Å². The van der Waals surface area contributed by atoms with Crippen molar-refractivity contribution >= 4 is 17.3 Å². The Labute approximate surface area is 108 Å². The molecule has 3 N–H and O–H groups in total. The molecule has 0 aliphatic carbocycles. The highest BCUT2D eigenvalue weighted by molar-refractivity contribution is 5.94. The molecule has 0 saturated heterocycles. The first-order valence-corrected chi connectivity index (χ1v) is 5.50. The van der Waals surface area contributed by atoms with Crippen LogP contribution >= 0.6 is 0 Å². The van der Waals surface area contributed by atoms with Gasteiger partial charge in [0.25, 0.3) is 0 Å². The molecule has 2 aromatic rings. The molecule has 2 rings (SSSR count). The molecular formula is C13H11F2N3O. The van der Waals surface area contributed by atoms with Gasteiger partial charge in [-0.25, -0.2) is 8.78 Å². The number of aromatic nitrogens is 1. The predicted molar refractivity (Wildman–Crippen MR) is 67.3 cm³/mol. The summed E-state index contributed by atoms with van der Waals surface area (Å²) in [7, 11) is 0. The normalized spacial score (nSPS) is 10.2. The standard InChI is InChI=1S/C13H11F2N3O/c14-9-2-1-3-10(15)8(9)6-13(19)18-12-4-5-17-7-11(12)16/h1-5,7H,6,16H2,(H,17,18,19). The molecule has 6 heteroatoms. The zero-order chi connectivity index (χ0) is 13.8. The Morgan fingerprint density at radius 2 is 1.95 bits per heavy atom. The van der Waals surface area contributed by atoms with Gasteiger partial charge in [-0.2, -0.15) is 0 Å². The largest absolute Gasteiger partial charge is 0.396 e. The van der Waals surface area contributed by atoms with Crippen molar-refractivity contribution in [1.82, 2.24) is 4.98 Å². The number of nitrogens with zero attached hydrogens (tertiary/aromatic N) is 1. The fourth-order valence-corrected chi connectivity index (χ4v) is 1.58. The van der Waals surface area contributed by atoms with E-state index >= 15 is 0 Å². The molecular weight excluding hydrogens is 252 g/mol. The maximum Gasteiger partial charge on any atom is 0.229 e. The molecule has 0 bridgehead atoms. The highest BCUT2D eigenvalue weighted by atomic mass is 19.1. The number of hydrogen-bond donors (Lipinski definition) is 2. The molecule has 1 aromatic heterocycles. The molecule has 1 heterocycles. The van der Waals surface area contributed by atoms with Crippen molar-refractivity contribution in [3.05, 3.63) is 53.9 Å². The van der Waals surface area contributed by atoms with Gasteiger partial charge in [0, 0.05) is 11.8 Å². The van der Waals surface area contributed by atoms with E-state index in [-0.39, 0.29) is 11.3 Å². The summed E-state index contributed by atoms with van der Waals surface area (Å²) in [5.74, 6) is -2.06. The summed E-state index contributed by atoms with van der Waals surface area (Å²) in [6, 6.07) is 4.96. The van der Waals surface area contributed by atoms with Gasteiger partial charge in [0.15, 0.2) is 0 Å². The number of halogens is 2. The Morgan fingerprint density at radius 3 is 2.58 bits per heavy atom. The molecule has 0 aliphatic heterocycles. The van der Waals surface area contributed by atoms with Gasteiger partial charge in [-0.3, -0.25) is 9.78 Å². The number of benzene rings is 1. The van der Waals surface area contributed by atoms with Crippen LogP contribution in [0.25, 0.3) is 0 Å². The third-order valence-corrected chi connectivity index (χ3v) is 2.53. The Bertz CT molecular complexity index is 596. The number of nitrogen functional groups attached to an aromatic ring is 1. The van der Waals surface area contributed by atoms with Crippen LogP contribution in [-0.4, -0.2) is 10.9 Å². The van der Waals surface area contributed by atoms with Crippen LogP contribution < -0.4 is 11.1 Å². The summed E-state index contributed by atoms with van der Waals surface area (Å²) < 4.78 is 26.7. The second-order valence-electron chi connectivity index (χ2n) is 3.89. The average molecular weight is 263 g/mol. The minimum atomic E-state index is -0.752. The summed E-state index contributed by atoms with van der Waals surface area (Å²) in [4.78, 5) is 15.5. The van der Waals surface area contributed by atoms with E-state index in [4.69, 9.17) is 5.73 Å². The summed E-state index contributed by atoms with van der Waals surface area (Å²) in [6.07, 6.45) is 2.43. The van der Waals surface area contributed by atoms with Crippen LogP contribution in [0.4, 0.5) is 20.2 Å². The number of amides is 1. The first kappa shape index (κ1) is 12.9. The number of nitrogens with one attached hydrogen (secondary N) is 1. The lowest BCUT2D eigenvalue weighted by Gasteiger charge is -2.08. The lowest BCUT2D eigenvalue weighted by Crippen LogP contribution is -2.17. The van der Waals surface area contributed by atoms with Gasteiger partial charge in [-0.15, -0.1) is 0 Å². The number of rotatable bonds is 3. The Kier molecular flexibility index (Phi) is 3.70. The van der Waals surface area contributed by atoms with Crippen molar-refractivity contribution in [2.24, 2.45) is 0 Å². The summed E-state index contributed by atoms with van der Waals surface area (Å²) in [6.45, 7) is 0. The second kappa shape index (κ2) is 5.43. The minimum absolute atomic E-state index is 0.271. The monoisotopic (exact) mass is 263 g/mol. The SMILES string of the molecule is Nc1cnccc1NC(=O)Cc1c(F)cccc1F. The molecule has 0 aliphatic rings. The predicted octanol–water partition coefficient (Wildman–Crippen LogP) is 2.12. The van der Waals surface area contributed by atoms with Crippen molar-refractivity contribution < 1.29 is 13.6 Å². The maximum atomic E-state index is 13.4. The van der Waals surface area contributed by atoms with Crippen molar-refractivity contribution in [2.75, 3.05) is 11.1 Å². The fourth-order valence-electron chi connectivity index (χ4n) is 1.58. The zero-order valence-electron chi connectivity index (χ0n) is 9.86. The van der Waals surface area contributed by atoms with Gasteiger partial charge in [-0.1, -0.05) is 6.07 Å². The fraction of sp³-hybridized carbons (Fsp3) is 0.0769. The number of anilines is 2. The van der Waals surface area contributed by atoms with Crippen LogP contribution in [0.5, 0.6) is 0 Å². The number of nitrogens with two attached hydrogens (primary N) is 1. The molecule has 1 amide bonds. The molecule has 0 atom stereocenters. The van der Waals surface area contributed by atoms with E-state index in [2.05, 4.69) is 10.3 Å². The molecule has 0 radical (unpaired) electrons. The highest BCUT2D eigenvalue weighted by Gasteiger charge is 2.13. The Balaban J connectivity index is 2.12. The molecule has 0 spiro atoms. The van der Waals surface area contributed by atoms with E-state index in [1.807, 2.05) is 0 Å². The van der Waals surface area contributed by atoms with Crippen LogP contribution in [0.3, 0.4) is 0 Å². The smallest absolute Gasteiger partial charge is 0.229 e. The number of hydrogen-bond acceptors (Lipinski definition) is 3. The topological polar surface area (TPSA) is 68.0 Å². The quantitative estimate of drug-likeness (QED) is 0.891. The summed E-state index contributed by atoms with van der Waals surface area (Å²) in [5, 5.41) is 2.48. The van der Waals surface area contributed by atoms with Crippen molar-refractivity contribution in [3.63, 3.8) is 0 Å². The Hall–Kier alpha value is -2.50. The van der Waals surface area contributed by atoms with Crippen LogP contribution in [0.15, 0.2) is 36.7 Å². The first-order valence-electron chi connectivity index (χ1n) is 5.50. The van der Waals surface area contributed by atoms with Gasteiger partial charge >= 0.3 is 0 Å². The maximum absolute atomic E-state index is 13.4. The number of carbonyl (C=O) groups is 1. The molecule has 0 unspecified atom stereocenters. The summed E-state index contributed by atoms with van der Waals surface area (Å²) >= 11 is 0. The summed E-state index contributed by atoms with van der Waals surface area (Å²) in [5.41, 5.74) is 5.97. The van der Waals surface area contributed by atoms with Gasteiger partial charge in [0.2, 0.25) is 5.91 Å². The molecule has 98 valence electrons. The Morgan fingerprint density at radius 1 is 1.26 bits per heavy atom. The molecule has 19 heavy (non-hydrogen) atoms. The minimum Gasteiger partial charge on any atom is -0.396 e. The first-order chi connectivity index (χ1) is 9.08. The average Bonchev–Trinajstić information content (AvgIpc) is 2.37. The molecule has 0 fully saturated rings. The van der Waals surface area contributed by atoms with Gasteiger partial charge in [0.05, 0.1) is 24.0 Å². The second-order valence-corrected chi connectivity index (χ2v) is 3.89. The van der Waals surface area contributed by atoms with E-state index in [1.54, 1.807) is 0 Å². The third kappa shape index (κ3) is 3.04. The van der Waals surface area contributed by atoms with E-state index in [0.29, 0.717) is 5.69 Å². The van der Waals surface area contributed by atoms with E-state index in [1.165, 1.54) is 24.5 Å². The molecule has 0 saturated carbocycles. The number of pyridine rings is 1. The van der Waals surface area contributed by atoms with Crippen LogP contribution in [0, 0.1) is 11.6 Å². The van der Waals surface area contributed by atoms with Crippen LogP contribution in [-0.2, 0) is 11.2 Å². The van der Waals surface area contributed by atoms with E-state index in [0.717, 1.165) is 12.1 Å². The lowest BCUT2D eigenvalue weighted by molar-refractivity contribution is -0.115. The lowest BCUT2D eigenvalue weighted by atomic mass is 10.1. The number of carbonyl (C=O) groups excluding carboxylic acids is 1.